The van der Waals surface area contributed by atoms with Gasteiger partial charge in [-0.25, -0.2) is 0 Å². The number of fused-ring (bicyclic) bond motifs is 2. The SMILES string of the molecule is Cc1ccc(C=Cc2ccc3cc4cc(C=Cc5ccc(C)cn5)ccc4cc3c2)nc1. The van der Waals surface area contributed by atoms with Gasteiger partial charge >= 0.3 is 0 Å². The number of aryl methyl sites for hydroxylation is 2. The number of hydrogen-bond donors (Lipinski definition) is 0. The Morgan fingerprint density at radius 3 is 1.34 bits per heavy atom. The van der Waals surface area contributed by atoms with Gasteiger partial charge in [-0.15, -0.1) is 0 Å². The fraction of sp³-hybridized carbons (Fsp3) is 0.0667. The predicted octanol–water partition coefficient (Wildman–Crippen LogP) is 7.74. The summed E-state index contributed by atoms with van der Waals surface area (Å²) in [4.78, 5) is 8.89. The van der Waals surface area contributed by atoms with E-state index in [9.17, 15) is 0 Å². The van der Waals surface area contributed by atoms with Crippen molar-refractivity contribution in [2.45, 2.75) is 13.8 Å². The molecule has 0 bridgehead atoms. The molecule has 2 heterocycles. The monoisotopic (exact) mass is 412 g/mol. The maximum absolute atomic E-state index is 4.45. The minimum absolute atomic E-state index is 0.968. The predicted molar refractivity (Wildman–Crippen MR) is 137 cm³/mol. The molecule has 0 aliphatic heterocycles. The van der Waals surface area contributed by atoms with Crippen molar-refractivity contribution in [3.05, 3.63) is 119 Å². The van der Waals surface area contributed by atoms with E-state index in [-0.39, 0.29) is 0 Å². The minimum Gasteiger partial charge on any atom is -0.257 e. The Morgan fingerprint density at radius 2 is 0.938 bits per heavy atom. The fourth-order valence-corrected chi connectivity index (χ4v) is 3.76. The van der Waals surface area contributed by atoms with Crippen molar-refractivity contribution < 1.29 is 0 Å². The largest absolute Gasteiger partial charge is 0.257 e. The Kier molecular flexibility index (Phi) is 5.35. The van der Waals surface area contributed by atoms with E-state index >= 15 is 0 Å². The molecule has 32 heavy (non-hydrogen) atoms. The molecular formula is C30H24N2. The smallest absolute Gasteiger partial charge is 0.0630 e. The zero-order chi connectivity index (χ0) is 21.9. The lowest BCUT2D eigenvalue weighted by atomic mass is 9.99. The topological polar surface area (TPSA) is 25.8 Å². The molecule has 2 heteroatoms. The Hall–Kier alpha value is -4.04. The molecule has 3 aromatic carbocycles. The van der Waals surface area contributed by atoms with Gasteiger partial charge in [0, 0.05) is 12.4 Å². The van der Waals surface area contributed by atoms with Gasteiger partial charge in [0.2, 0.25) is 0 Å². The number of hydrogen-bond acceptors (Lipinski definition) is 2. The Bertz CT molecular complexity index is 1340. The number of nitrogens with zero attached hydrogens (tertiary/aromatic N) is 2. The lowest BCUT2D eigenvalue weighted by Gasteiger charge is -2.05. The number of benzene rings is 3. The molecular weight excluding hydrogens is 388 g/mol. The molecule has 0 aliphatic rings. The first-order valence-corrected chi connectivity index (χ1v) is 10.8. The minimum atomic E-state index is 0.968. The standard InChI is InChI=1S/C30H24N2/c1-21-3-11-29(31-19-21)13-7-23-5-9-25-18-28-16-24(6-10-26(28)17-27(25)15-23)8-14-30-12-4-22(2)20-32-30/h3-20H,1-2H3. The summed E-state index contributed by atoms with van der Waals surface area (Å²) >= 11 is 0. The Labute approximate surface area is 188 Å². The van der Waals surface area contributed by atoms with E-state index in [1.165, 1.54) is 43.8 Å². The van der Waals surface area contributed by atoms with Crippen LogP contribution in [0.4, 0.5) is 0 Å². The average molecular weight is 413 g/mol. The van der Waals surface area contributed by atoms with Gasteiger partial charge in [0.1, 0.15) is 0 Å². The van der Waals surface area contributed by atoms with E-state index in [0.717, 1.165) is 11.4 Å². The van der Waals surface area contributed by atoms with Crippen LogP contribution in [0.3, 0.4) is 0 Å². The highest BCUT2D eigenvalue weighted by atomic mass is 14.7. The van der Waals surface area contributed by atoms with Gasteiger partial charge < -0.3 is 0 Å². The van der Waals surface area contributed by atoms with Crippen LogP contribution in [0.25, 0.3) is 45.8 Å². The number of rotatable bonds is 4. The van der Waals surface area contributed by atoms with E-state index < -0.39 is 0 Å². The van der Waals surface area contributed by atoms with E-state index in [4.69, 9.17) is 0 Å². The molecule has 0 N–H and O–H groups in total. The molecule has 154 valence electrons. The van der Waals surface area contributed by atoms with Crippen LogP contribution in [-0.4, -0.2) is 9.97 Å². The third kappa shape index (κ3) is 4.50. The quantitative estimate of drug-likeness (QED) is 0.282. The highest BCUT2D eigenvalue weighted by Crippen LogP contribution is 2.26. The molecule has 2 nitrogen and oxygen atoms in total. The lowest BCUT2D eigenvalue weighted by Crippen LogP contribution is -1.82. The first kappa shape index (κ1) is 19.9. The molecule has 0 saturated heterocycles. The number of pyridine rings is 2. The van der Waals surface area contributed by atoms with E-state index in [0.29, 0.717) is 0 Å². The fourth-order valence-electron chi connectivity index (χ4n) is 3.76. The second-order valence-electron chi connectivity index (χ2n) is 8.25. The summed E-state index contributed by atoms with van der Waals surface area (Å²) in [6, 6.07) is 25.9. The van der Waals surface area contributed by atoms with E-state index in [2.05, 4.69) is 109 Å². The second kappa shape index (κ2) is 8.60. The zero-order valence-corrected chi connectivity index (χ0v) is 18.3. The average Bonchev–Trinajstić information content (AvgIpc) is 2.82. The molecule has 0 unspecified atom stereocenters. The van der Waals surface area contributed by atoms with Crippen LogP contribution in [-0.2, 0) is 0 Å². The molecule has 0 saturated carbocycles. The van der Waals surface area contributed by atoms with Crippen LogP contribution in [0, 0.1) is 13.8 Å². The van der Waals surface area contributed by atoms with Gasteiger partial charge in [-0.2, -0.15) is 0 Å². The summed E-state index contributed by atoms with van der Waals surface area (Å²) in [6.45, 7) is 4.10. The normalized spacial score (nSPS) is 11.8. The van der Waals surface area contributed by atoms with Gasteiger partial charge in [-0.3, -0.25) is 9.97 Å². The van der Waals surface area contributed by atoms with Gasteiger partial charge in [-0.1, -0.05) is 48.6 Å². The van der Waals surface area contributed by atoms with Crippen molar-refractivity contribution >= 4 is 45.8 Å². The molecule has 5 rings (SSSR count). The third-order valence-corrected chi connectivity index (χ3v) is 5.61. The summed E-state index contributed by atoms with van der Waals surface area (Å²) < 4.78 is 0. The van der Waals surface area contributed by atoms with Crippen LogP contribution in [0.1, 0.15) is 33.6 Å². The molecule has 0 aliphatic carbocycles. The molecule has 0 atom stereocenters. The summed E-state index contributed by atoms with van der Waals surface area (Å²) in [5, 5.41) is 4.96. The van der Waals surface area contributed by atoms with Crippen molar-refractivity contribution in [2.75, 3.05) is 0 Å². The first-order valence-electron chi connectivity index (χ1n) is 10.8. The van der Waals surface area contributed by atoms with Gasteiger partial charge in [0.05, 0.1) is 11.4 Å². The zero-order valence-electron chi connectivity index (χ0n) is 18.3. The van der Waals surface area contributed by atoms with Crippen LogP contribution < -0.4 is 0 Å². The lowest BCUT2D eigenvalue weighted by molar-refractivity contribution is 1.25. The third-order valence-electron chi connectivity index (χ3n) is 5.61. The van der Waals surface area contributed by atoms with Crippen LogP contribution in [0.2, 0.25) is 0 Å². The van der Waals surface area contributed by atoms with Gasteiger partial charge in [0.25, 0.3) is 0 Å². The van der Waals surface area contributed by atoms with E-state index in [1.807, 2.05) is 24.5 Å². The van der Waals surface area contributed by atoms with Gasteiger partial charge in [-0.05, 0) is 106 Å². The van der Waals surface area contributed by atoms with E-state index in [1.54, 1.807) is 0 Å². The van der Waals surface area contributed by atoms with Gasteiger partial charge in [0.15, 0.2) is 0 Å². The molecule has 0 radical (unpaired) electrons. The van der Waals surface area contributed by atoms with Crippen molar-refractivity contribution in [3.63, 3.8) is 0 Å². The van der Waals surface area contributed by atoms with Crippen molar-refractivity contribution in [1.29, 1.82) is 0 Å². The number of aromatic nitrogens is 2. The first-order chi connectivity index (χ1) is 15.6. The second-order valence-corrected chi connectivity index (χ2v) is 8.25. The Morgan fingerprint density at radius 1 is 0.469 bits per heavy atom. The van der Waals surface area contributed by atoms with Crippen LogP contribution in [0.15, 0.2) is 85.2 Å². The molecule has 0 amide bonds. The molecule has 0 spiro atoms. The van der Waals surface area contributed by atoms with Crippen molar-refractivity contribution in [2.24, 2.45) is 0 Å². The molecule has 5 aromatic rings. The summed E-state index contributed by atoms with van der Waals surface area (Å²) in [7, 11) is 0. The summed E-state index contributed by atoms with van der Waals surface area (Å²) in [5.41, 5.74) is 6.62. The molecule has 2 aromatic heterocycles. The Balaban J connectivity index is 1.42. The highest BCUT2D eigenvalue weighted by molar-refractivity contribution is 6.00. The van der Waals surface area contributed by atoms with Crippen LogP contribution in [0.5, 0.6) is 0 Å². The van der Waals surface area contributed by atoms with Crippen molar-refractivity contribution in [3.8, 4) is 0 Å². The summed E-state index contributed by atoms with van der Waals surface area (Å²) in [6.07, 6.45) is 12.1. The molecule has 0 fully saturated rings. The highest BCUT2D eigenvalue weighted by Gasteiger charge is 2.01. The summed E-state index contributed by atoms with van der Waals surface area (Å²) in [5.74, 6) is 0. The van der Waals surface area contributed by atoms with Crippen LogP contribution >= 0.6 is 0 Å². The maximum Gasteiger partial charge on any atom is 0.0630 e. The van der Waals surface area contributed by atoms with Crippen molar-refractivity contribution in [1.82, 2.24) is 9.97 Å². The maximum atomic E-state index is 4.45.